The van der Waals surface area contributed by atoms with Crippen molar-refractivity contribution in [1.29, 1.82) is 0 Å². The maximum Gasteiger partial charge on any atom is 0.343 e. The SMILES string of the molecule is CCOCCOc1cc2c(cc1OC)-c1cc(=O)c(C(=O)OCC)cn1C(C(C)(C)COC)C2. The van der Waals surface area contributed by atoms with E-state index in [1.165, 1.54) is 6.07 Å². The zero-order valence-corrected chi connectivity index (χ0v) is 20.9. The lowest BCUT2D eigenvalue weighted by Gasteiger charge is -2.40. The summed E-state index contributed by atoms with van der Waals surface area (Å²) in [4.78, 5) is 25.4. The van der Waals surface area contributed by atoms with Crippen molar-refractivity contribution in [3.05, 3.63) is 45.7 Å². The molecule has 2 aromatic rings. The van der Waals surface area contributed by atoms with Gasteiger partial charge in [-0.15, -0.1) is 0 Å². The van der Waals surface area contributed by atoms with Crippen molar-refractivity contribution < 1.29 is 28.5 Å². The smallest absolute Gasteiger partial charge is 0.343 e. The number of hydrogen-bond donors (Lipinski definition) is 0. The van der Waals surface area contributed by atoms with E-state index in [1.807, 2.05) is 23.6 Å². The molecular formula is C26H35NO7. The Morgan fingerprint density at radius 3 is 2.50 bits per heavy atom. The summed E-state index contributed by atoms with van der Waals surface area (Å²) in [6.07, 6.45) is 2.29. The molecule has 1 aromatic carbocycles. The number of benzene rings is 1. The summed E-state index contributed by atoms with van der Waals surface area (Å²) in [5, 5.41) is 0. The third kappa shape index (κ3) is 5.28. The summed E-state index contributed by atoms with van der Waals surface area (Å²) in [7, 11) is 3.26. The molecule has 186 valence electrons. The number of aromatic nitrogens is 1. The molecule has 8 nitrogen and oxygen atoms in total. The molecule has 0 fully saturated rings. The fourth-order valence-electron chi connectivity index (χ4n) is 4.45. The highest BCUT2D eigenvalue weighted by molar-refractivity contribution is 5.89. The average molecular weight is 474 g/mol. The van der Waals surface area contributed by atoms with Crippen LogP contribution in [0.4, 0.5) is 0 Å². The Hall–Kier alpha value is -2.84. The number of pyridine rings is 1. The Labute approximate surface area is 200 Å². The van der Waals surface area contributed by atoms with Crippen molar-refractivity contribution >= 4 is 5.97 Å². The fraction of sp³-hybridized carbons (Fsp3) is 0.538. The maximum atomic E-state index is 12.9. The summed E-state index contributed by atoms with van der Waals surface area (Å²) < 4.78 is 29.6. The van der Waals surface area contributed by atoms with Crippen LogP contribution in [0, 0.1) is 5.41 Å². The largest absolute Gasteiger partial charge is 0.493 e. The van der Waals surface area contributed by atoms with Crippen molar-refractivity contribution in [2.45, 2.75) is 40.2 Å². The first-order chi connectivity index (χ1) is 16.3. The molecule has 0 saturated carbocycles. The van der Waals surface area contributed by atoms with Crippen LogP contribution in [-0.2, 0) is 20.6 Å². The highest BCUT2D eigenvalue weighted by Crippen LogP contribution is 2.46. The Bertz CT molecular complexity index is 1070. The van der Waals surface area contributed by atoms with Crippen LogP contribution in [0.5, 0.6) is 11.5 Å². The second-order valence-electron chi connectivity index (χ2n) is 8.91. The van der Waals surface area contributed by atoms with Gasteiger partial charge in [0, 0.05) is 43.0 Å². The summed E-state index contributed by atoms with van der Waals surface area (Å²) >= 11 is 0. The first-order valence-corrected chi connectivity index (χ1v) is 11.6. The van der Waals surface area contributed by atoms with Gasteiger partial charge in [0.2, 0.25) is 0 Å². The molecule has 3 rings (SSSR count). The normalized spacial score (nSPS) is 14.8. The van der Waals surface area contributed by atoms with Crippen LogP contribution in [0.3, 0.4) is 0 Å². The van der Waals surface area contributed by atoms with Crippen LogP contribution in [-0.4, -0.2) is 57.8 Å². The predicted octanol–water partition coefficient (Wildman–Crippen LogP) is 3.89. The van der Waals surface area contributed by atoms with E-state index in [0.29, 0.717) is 50.0 Å². The van der Waals surface area contributed by atoms with Crippen molar-refractivity contribution in [2.75, 3.05) is 47.3 Å². The summed E-state index contributed by atoms with van der Waals surface area (Å²) in [5.41, 5.74) is 1.97. The zero-order chi connectivity index (χ0) is 24.9. The molecule has 0 spiro atoms. The number of rotatable bonds is 11. The Morgan fingerprint density at radius 2 is 1.85 bits per heavy atom. The van der Waals surface area contributed by atoms with E-state index in [1.54, 1.807) is 27.3 Å². The van der Waals surface area contributed by atoms with E-state index in [-0.39, 0.29) is 29.1 Å². The van der Waals surface area contributed by atoms with Gasteiger partial charge in [0.05, 0.1) is 32.6 Å². The molecule has 0 amide bonds. The van der Waals surface area contributed by atoms with Gasteiger partial charge in [0.1, 0.15) is 12.2 Å². The highest BCUT2D eigenvalue weighted by Gasteiger charge is 2.37. The molecule has 8 heteroatoms. The van der Waals surface area contributed by atoms with E-state index >= 15 is 0 Å². The molecule has 34 heavy (non-hydrogen) atoms. The molecule has 1 aliphatic heterocycles. The molecule has 0 bridgehead atoms. The number of hydrogen-bond acceptors (Lipinski definition) is 7. The summed E-state index contributed by atoms with van der Waals surface area (Å²) in [5.74, 6) is 0.578. The first kappa shape index (κ1) is 25.8. The highest BCUT2D eigenvalue weighted by atomic mass is 16.5. The van der Waals surface area contributed by atoms with Gasteiger partial charge < -0.3 is 28.3 Å². The lowest BCUT2D eigenvalue weighted by molar-refractivity contribution is 0.0516. The van der Waals surface area contributed by atoms with Crippen molar-refractivity contribution in [3.8, 4) is 22.8 Å². The first-order valence-electron chi connectivity index (χ1n) is 11.6. The van der Waals surface area contributed by atoms with E-state index in [4.69, 9.17) is 23.7 Å². The maximum absolute atomic E-state index is 12.9. The van der Waals surface area contributed by atoms with E-state index in [9.17, 15) is 9.59 Å². The lowest BCUT2D eigenvalue weighted by Crippen LogP contribution is -2.37. The number of carbonyl (C=O) groups excluding carboxylic acids is 1. The number of esters is 1. The minimum atomic E-state index is -0.618. The molecule has 0 radical (unpaired) electrons. The predicted molar refractivity (Wildman–Crippen MR) is 129 cm³/mol. The van der Waals surface area contributed by atoms with Crippen molar-refractivity contribution in [2.24, 2.45) is 5.41 Å². The molecule has 1 aromatic heterocycles. The topological polar surface area (TPSA) is 85.2 Å². The van der Waals surface area contributed by atoms with Crippen molar-refractivity contribution in [3.63, 3.8) is 0 Å². The number of methoxy groups -OCH3 is 2. The third-order valence-electron chi connectivity index (χ3n) is 6.10. The average Bonchev–Trinajstić information content (AvgIpc) is 2.80. The van der Waals surface area contributed by atoms with Crippen LogP contribution in [0.15, 0.2) is 29.2 Å². The van der Waals surface area contributed by atoms with Gasteiger partial charge in [-0.25, -0.2) is 4.79 Å². The quantitative estimate of drug-likeness (QED) is 0.362. The fourth-order valence-corrected chi connectivity index (χ4v) is 4.45. The second kappa shape index (κ2) is 11.1. The van der Waals surface area contributed by atoms with Gasteiger partial charge in [-0.1, -0.05) is 13.8 Å². The number of nitrogens with zero attached hydrogens (tertiary/aromatic N) is 1. The van der Waals surface area contributed by atoms with Gasteiger partial charge in [-0.05, 0) is 38.0 Å². The van der Waals surface area contributed by atoms with E-state index in [0.717, 1.165) is 11.1 Å². The van der Waals surface area contributed by atoms with Crippen molar-refractivity contribution in [1.82, 2.24) is 4.57 Å². The molecule has 1 atom stereocenters. The Balaban J connectivity index is 2.15. The third-order valence-corrected chi connectivity index (χ3v) is 6.10. The molecule has 1 unspecified atom stereocenters. The zero-order valence-electron chi connectivity index (χ0n) is 20.9. The monoisotopic (exact) mass is 473 g/mol. The van der Waals surface area contributed by atoms with Gasteiger partial charge >= 0.3 is 5.97 Å². The van der Waals surface area contributed by atoms with Gasteiger partial charge in [-0.3, -0.25) is 4.79 Å². The van der Waals surface area contributed by atoms with Crippen LogP contribution in [0.1, 0.15) is 49.7 Å². The molecule has 0 aliphatic carbocycles. The van der Waals surface area contributed by atoms with Crippen LogP contribution in [0.25, 0.3) is 11.3 Å². The number of fused-ring (bicyclic) bond motifs is 3. The van der Waals surface area contributed by atoms with Crippen LogP contribution in [0.2, 0.25) is 0 Å². The summed E-state index contributed by atoms with van der Waals surface area (Å²) in [6.45, 7) is 10.1. The second-order valence-corrected chi connectivity index (χ2v) is 8.91. The van der Waals surface area contributed by atoms with Gasteiger partial charge in [0.15, 0.2) is 16.9 Å². The van der Waals surface area contributed by atoms with Crippen LogP contribution >= 0.6 is 0 Å². The minimum absolute atomic E-state index is 0.0232. The number of carbonyl (C=O) groups is 1. The lowest BCUT2D eigenvalue weighted by atomic mass is 9.77. The number of ether oxygens (including phenoxy) is 5. The van der Waals surface area contributed by atoms with E-state index in [2.05, 4.69) is 13.8 Å². The van der Waals surface area contributed by atoms with E-state index < -0.39 is 5.97 Å². The standard InChI is InChI=1S/C26H35NO7/c1-7-32-9-10-34-23-11-17-12-24(26(3,4)16-30-5)27-15-19(25(29)33-8-2)21(28)14-20(27)18(17)13-22(23)31-6/h11,13-15,24H,7-10,12,16H2,1-6H3. The molecule has 0 saturated heterocycles. The summed E-state index contributed by atoms with van der Waals surface area (Å²) in [6, 6.07) is 5.30. The van der Waals surface area contributed by atoms with Crippen LogP contribution < -0.4 is 14.9 Å². The van der Waals surface area contributed by atoms with Gasteiger partial charge in [0.25, 0.3) is 0 Å². The Kier molecular flexibility index (Phi) is 8.38. The van der Waals surface area contributed by atoms with Gasteiger partial charge in [-0.2, -0.15) is 0 Å². The molecule has 0 N–H and O–H groups in total. The molecular weight excluding hydrogens is 438 g/mol. The Morgan fingerprint density at radius 1 is 1.09 bits per heavy atom. The molecule has 1 aliphatic rings. The molecule has 2 heterocycles. The minimum Gasteiger partial charge on any atom is -0.493 e.